The molecule has 4 aromatic carbocycles. The summed E-state index contributed by atoms with van der Waals surface area (Å²) in [5.74, 6) is -0.185. The first-order valence-corrected chi connectivity index (χ1v) is 12.1. The Labute approximate surface area is 204 Å². The number of anilines is 1. The predicted octanol–water partition coefficient (Wildman–Crippen LogP) is 8.16. The number of nitrogens with zero attached hydrogens (tertiary/aromatic N) is 1. The summed E-state index contributed by atoms with van der Waals surface area (Å²) in [6.45, 7) is 0. The van der Waals surface area contributed by atoms with Crippen molar-refractivity contribution in [3.8, 4) is 32.8 Å². The zero-order valence-electron chi connectivity index (χ0n) is 17.5. The average molecular weight is 511 g/mol. The van der Waals surface area contributed by atoms with Crippen LogP contribution in [-0.4, -0.2) is 10.9 Å². The van der Waals surface area contributed by atoms with E-state index >= 15 is 0 Å². The van der Waals surface area contributed by atoms with Gasteiger partial charge in [0.1, 0.15) is 0 Å². The van der Waals surface area contributed by atoms with Crippen molar-refractivity contribution in [3.05, 3.63) is 119 Å². The van der Waals surface area contributed by atoms with E-state index < -0.39 is 0 Å². The van der Waals surface area contributed by atoms with Gasteiger partial charge in [0.05, 0.1) is 10.6 Å². The molecular weight excluding hydrogens is 492 g/mol. The fourth-order valence-electron chi connectivity index (χ4n) is 3.60. The van der Waals surface area contributed by atoms with Crippen LogP contribution in [-0.2, 0) is 0 Å². The molecule has 0 aliphatic carbocycles. The second kappa shape index (κ2) is 9.53. The molecule has 1 heterocycles. The molecule has 5 rings (SSSR count). The minimum absolute atomic E-state index is 0.185. The minimum atomic E-state index is -0.185. The quantitative estimate of drug-likeness (QED) is 0.259. The minimum Gasteiger partial charge on any atom is -0.298 e. The summed E-state index contributed by atoms with van der Waals surface area (Å²) < 4.78 is 0.860. The molecule has 0 saturated heterocycles. The van der Waals surface area contributed by atoms with Gasteiger partial charge in [0, 0.05) is 15.6 Å². The molecule has 0 saturated carbocycles. The van der Waals surface area contributed by atoms with E-state index in [4.69, 9.17) is 4.98 Å². The Morgan fingerprint density at radius 2 is 1.30 bits per heavy atom. The second-order valence-electron chi connectivity index (χ2n) is 7.47. The molecule has 0 aliphatic heterocycles. The molecule has 0 bridgehead atoms. The lowest BCUT2D eigenvalue weighted by molar-refractivity contribution is 0.102. The molecule has 0 spiro atoms. The molecule has 5 heteroatoms. The normalized spacial score (nSPS) is 10.7. The first-order chi connectivity index (χ1) is 16.2. The van der Waals surface area contributed by atoms with Crippen LogP contribution in [0.5, 0.6) is 0 Å². The molecule has 160 valence electrons. The zero-order valence-corrected chi connectivity index (χ0v) is 19.9. The molecular formula is C28H19BrN2OS. The Kier molecular flexibility index (Phi) is 6.15. The van der Waals surface area contributed by atoms with Gasteiger partial charge in [-0.25, -0.2) is 4.98 Å². The first kappa shape index (κ1) is 21.3. The van der Waals surface area contributed by atoms with Crippen molar-refractivity contribution in [1.29, 1.82) is 0 Å². The van der Waals surface area contributed by atoms with Crippen LogP contribution in [0.25, 0.3) is 32.8 Å². The smallest absolute Gasteiger partial charge is 0.257 e. The molecule has 5 aromatic rings. The van der Waals surface area contributed by atoms with Crippen LogP contribution in [0.4, 0.5) is 5.13 Å². The van der Waals surface area contributed by atoms with Crippen LogP contribution in [0.1, 0.15) is 10.4 Å². The molecule has 33 heavy (non-hydrogen) atoms. The number of carbonyl (C=O) groups excluding carboxylic acids is 1. The van der Waals surface area contributed by atoms with E-state index in [1.54, 1.807) is 12.1 Å². The second-order valence-corrected chi connectivity index (χ2v) is 9.39. The van der Waals surface area contributed by atoms with Crippen LogP contribution in [0.2, 0.25) is 0 Å². The van der Waals surface area contributed by atoms with Gasteiger partial charge in [-0.15, -0.1) is 0 Å². The molecule has 0 fully saturated rings. The van der Waals surface area contributed by atoms with E-state index in [1.807, 2.05) is 60.7 Å². The lowest BCUT2D eigenvalue weighted by Crippen LogP contribution is -2.11. The Morgan fingerprint density at radius 3 is 1.97 bits per heavy atom. The van der Waals surface area contributed by atoms with Crippen molar-refractivity contribution in [2.24, 2.45) is 0 Å². The Hall–Kier alpha value is -3.54. The number of benzene rings is 4. The molecule has 3 nitrogen and oxygen atoms in total. The summed E-state index contributed by atoms with van der Waals surface area (Å²) in [5.41, 5.74) is 5.85. The molecule has 0 unspecified atom stereocenters. The number of nitrogens with one attached hydrogen (secondary N) is 1. The highest BCUT2D eigenvalue weighted by molar-refractivity contribution is 9.10. The maximum Gasteiger partial charge on any atom is 0.257 e. The molecule has 0 atom stereocenters. The standard InChI is InChI=1S/C28H19BrN2OS/c29-24-13-7-12-23(18-24)27(32)31-28-30-25(21-10-5-2-6-11-21)26(33-28)22-16-14-20(15-17-22)19-8-3-1-4-9-19/h1-18H,(H,30,31,32). The van der Waals surface area contributed by atoms with E-state index in [9.17, 15) is 4.79 Å². The maximum absolute atomic E-state index is 12.8. The number of hydrogen-bond donors (Lipinski definition) is 1. The number of carbonyl (C=O) groups is 1. The summed E-state index contributed by atoms with van der Waals surface area (Å²) in [5, 5.41) is 3.54. The summed E-state index contributed by atoms with van der Waals surface area (Å²) in [4.78, 5) is 18.6. The summed E-state index contributed by atoms with van der Waals surface area (Å²) >= 11 is 4.90. The fourth-order valence-corrected chi connectivity index (χ4v) is 4.99. The van der Waals surface area contributed by atoms with E-state index in [0.29, 0.717) is 10.7 Å². The van der Waals surface area contributed by atoms with Crippen LogP contribution in [0.15, 0.2) is 114 Å². The SMILES string of the molecule is O=C(Nc1nc(-c2ccccc2)c(-c2ccc(-c3ccccc3)cc2)s1)c1cccc(Br)c1. The van der Waals surface area contributed by atoms with E-state index in [1.165, 1.54) is 16.9 Å². The number of amides is 1. The maximum atomic E-state index is 12.8. The van der Waals surface area contributed by atoms with Gasteiger partial charge in [0.2, 0.25) is 0 Å². The fraction of sp³-hybridized carbons (Fsp3) is 0. The van der Waals surface area contributed by atoms with Gasteiger partial charge in [0.15, 0.2) is 5.13 Å². The van der Waals surface area contributed by atoms with Gasteiger partial charge in [-0.2, -0.15) is 0 Å². The van der Waals surface area contributed by atoms with E-state index in [-0.39, 0.29) is 5.91 Å². The number of hydrogen-bond acceptors (Lipinski definition) is 3. The summed E-state index contributed by atoms with van der Waals surface area (Å²) in [7, 11) is 0. The van der Waals surface area contributed by atoms with E-state index in [0.717, 1.165) is 31.7 Å². The van der Waals surface area contributed by atoms with Crippen molar-refractivity contribution in [3.63, 3.8) is 0 Å². The van der Waals surface area contributed by atoms with Crippen LogP contribution in [0.3, 0.4) is 0 Å². The van der Waals surface area contributed by atoms with Crippen molar-refractivity contribution in [2.75, 3.05) is 5.32 Å². The zero-order chi connectivity index (χ0) is 22.6. The van der Waals surface area contributed by atoms with E-state index in [2.05, 4.69) is 57.6 Å². The highest BCUT2D eigenvalue weighted by atomic mass is 79.9. The van der Waals surface area contributed by atoms with Crippen molar-refractivity contribution in [2.45, 2.75) is 0 Å². The van der Waals surface area contributed by atoms with Crippen molar-refractivity contribution >= 4 is 38.3 Å². The molecule has 0 radical (unpaired) electrons. The Morgan fingerprint density at radius 1 is 0.697 bits per heavy atom. The topological polar surface area (TPSA) is 42.0 Å². The molecule has 1 amide bonds. The lowest BCUT2D eigenvalue weighted by atomic mass is 10.0. The monoisotopic (exact) mass is 510 g/mol. The molecule has 1 N–H and O–H groups in total. The number of aromatic nitrogens is 1. The lowest BCUT2D eigenvalue weighted by Gasteiger charge is -2.05. The van der Waals surface area contributed by atoms with Gasteiger partial charge in [0.25, 0.3) is 5.91 Å². The van der Waals surface area contributed by atoms with Crippen molar-refractivity contribution < 1.29 is 4.79 Å². The van der Waals surface area contributed by atoms with Gasteiger partial charge in [-0.3, -0.25) is 10.1 Å². The van der Waals surface area contributed by atoms with Gasteiger partial charge >= 0.3 is 0 Å². The summed E-state index contributed by atoms with van der Waals surface area (Å²) in [6.07, 6.45) is 0. The number of rotatable bonds is 5. The third-order valence-corrected chi connectivity index (χ3v) is 6.75. The van der Waals surface area contributed by atoms with Crippen LogP contribution in [0, 0.1) is 0 Å². The third-order valence-electron chi connectivity index (χ3n) is 5.24. The van der Waals surface area contributed by atoms with Crippen LogP contribution >= 0.6 is 27.3 Å². The first-order valence-electron chi connectivity index (χ1n) is 10.5. The van der Waals surface area contributed by atoms with Gasteiger partial charge in [-0.1, -0.05) is 118 Å². The van der Waals surface area contributed by atoms with Gasteiger partial charge in [-0.05, 0) is 34.9 Å². The summed E-state index contributed by atoms with van der Waals surface area (Å²) in [6, 6.07) is 36.2. The number of halogens is 1. The predicted molar refractivity (Wildman–Crippen MR) is 141 cm³/mol. The van der Waals surface area contributed by atoms with Crippen LogP contribution < -0.4 is 5.32 Å². The third kappa shape index (κ3) is 4.80. The molecule has 0 aliphatic rings. The molecule has 1 aromatic heterocycles. The largest absolute Gasteiger partial charge is 0.298 e. The Bertz CT molecular complexity index is 1400. The van der Waals surface area contributed by atoms with Gasteiger partial charge < -0.3 is 0 Å². The van der Waals surface area contributed by atoms with Crippen molar-refractivity contribution in [1.82, 2.24) is 4.98 Å². The average Bonchev–Trinajstić information content (AvgIpc) is 3.29. The highest BCUT2D eigenvalue weighted by Crippen LogP contribution is 2.39. The Balaban J connectivity index is 1.51. The highest BCUT2D eigenvalue weighted by Gasteiger charge is 2.17. The number of thiazole rings is 1.